The highest BCUT2D eigenvalue weighted by Gasteiger charge is 2.32. The van der Waals surface area contributed by atoms with Crippen LogP contribution in [0.3, 0.4) is 0 Å². The van der Waals surface area contributed by atoms with Gasteiger partial charge in [0.15, 0.2) is 0 Å². The Kier molecular flexibility index (Phi) is 7.18. The molecule has 2 aliphatic rings. The second kappa shape index (κ2) is 10.5. The van der Waals surface area contributed by atoms with Gasteiger partial charge in [0.05, 0.1) is 12.6 Å². The summed E-state index contributed by atoms with van der Waals surface area (Å²) in [6.07, 6.45) is 1.65. The van der Waals surface area contributed by atoms with Crippen LogP contribution in [-0.2, 0) is 11.2 Å². The molecule has 5 rings (SSSR count). The van der Waals surface area contributed by atoms with E-state index in [0.717, 1.165) is 18.5 Å². The Morgan fingerprint density at radius 1 is 0.914 bits per heavy atom. The van der Waals surface area contributed by atoms with Crippen molar-refractivity contribution in [3.8, 4) is 0 Å². The van der Waals surface area contributed by atoms with Crippen LogP contribution in [0.5, 0.6) is 0 Å². The average molecular weight is 512 g/mol. The molecule has 1 fully saturated rings. The highest BCUT2D eigenvalue weighted by molar-refractivity contribution is 7.10. The smallest absolute Gasteiger partial charge is 0.253 e. The van der Waals surface area contributed by atoms with Gasteiger partial charge in [-0.05, 0) is 71.8 Å². The molecule has 2 amide bonds. The largest absolute Gasteiger partial charge is 0.340 e. The van der Waals surface area contributed by atoms with Crippen LogP contribution in [0.2, 0.25) is 5.02 Å². The van der Waals surface area contributed by atoms with E-state index in [2.05, 4.69) is 16.3 Å². The number of carbonyl (C=O) groups excluding carboxylic acids is 2. The maximum Gasteiger partial charge on any atom is 0.253 e. The molecule has 0 bridgehead atoms. The lowest BCUT2D eigenvalue weighted by atomic mass is 9.93. The first-order chi connectivity index (χ1) is 17.0. The van der Waals surface area contributed by atoms with E-state index in [0.29, 0.717) is 49.7 Å². The molecule has 3 aromatic rings. The van der Waals surface area contributed by atoms with E-state index in [4.69, 9.17) is 11.6 Å². The van der Waals surface area contributed by atoms with Crippen LogP contribution in [0.25, 0.3) is 0 Å². The van der Waals surface area contributed by atoms with Crippen LogP contribution in [0.15, 0.2) is 60.0 Å². The summed E-state index contributed by atoms with van der Waals surface area (Å²) in [7, 11) is 0. The maximum atomic E-state index is 13.4. The van der Waals surface area contributed by atoms with Gasteiger partial charge in [-0.15, -0.1) is 11.3 Å². The van der Waals surface area contributed by atoms with Crippen molar-refractivity contribution in [1.29, 1.82) is 0 Å². The Balaban J connectivity index is 1.27. The number of carbonyl (C=O) groups is 2. The highest BCUT2D eigenvalue weighted by atomic mass is 35.5. The molecule has 0 radical (unpaired) electrons. The molecule has 8 heteroatoms. The standard InChI is InChI=1S/C27H27ClFN3O2S/c28-21-6-2-19(3-7-21)26-23-11-17-35-24(23)10-14-32(26)18-25(33)30-12-1-13-31(16-15-30)27(34)20-4-8-22(29)9-5-20/h2-9,11,17,26H,1,10,12-16,18H2/t26-/m1/s1. The van der Waals surface area contributed by atoms with Gasteiger partial charge in [-0.1, -0.05) is 23.7 Å². The summed E-state index contributed by atoms with van der Waals surface area (Å²) in [4.78, 5) is 33.5. The number of rotatable bonds is 4. The summed E-state index contributed by atoms with van der Waals surface area (Å²) in [6.45, 7) is 3.31. The average Bonchev–Trinajstić information content (AvgIpc) is 3.20. The molecule has 182 valence electrons. The molecule has 0 saturated carbocycles. The molecule has 35 heavy (non-hydrogen) atoms. The summed E-state index contributed by atoms with van der Waals surface area (Å²) in [5.74, 6) is -0.403. The van der Waals surface area contributed by atoms with Gasteiger partial charge in [0.2, 0.25) is 5.91 Å². The van der Waals surface area contributed by atoms with Crippen molar-refractivity contribution in [1.82, 2.24) is 14.7 Å². The van der Waals surface area contributed by atoms with Crippen molar-refractivity contribution < 1.29 is 14.0 Å². The van der Waals surface area contributed by atoms with Crippen LogP contribution >= 0.6 is 22.9 Å². The molecule has 1 saturated heterocycles. The zero-order chi connectivity index (χ0) is 24.4. The Morgan fingerprint density at radius 3 is 2.40 bits per heavy atom. The van der Waals surface area contributed by atoms with Crippen molar-refractivity contribution in [2.75, 3.05) is 39.3 Å². The first-order valence-electron chi connectivity index (χ1n) is 11.9. The van der Waals surface area contributed by atoms with E-state index in [1.807, 2.05) is 29.2 Å². The zero-order valence-electron chi connectivity index (χ0n) is 19.3. The van der Waals surface area contributed by atoms with Crippen molar-refractivity contribution in [3.05, 3.63) is 92.4 Å². The Morgan fingerprint density at radius 2 is 1.63 bits per heavy atom. The highest BCUT2D eigenvalue weighted by Crippen LogP contribution is 2.38. The molecule has 2 aliphatic heterocycles. The predicted octanol–water partition coefficient (Wildman–Crippen LogP) is 4.86. The minimum atomic E-state index is -0.363. The third kappa shape index (κ3) is 5.27. The molecule has 1 atom stereocenters. The quantitative estimate of drug-likeness (QED) is 0.502. The molecule has 1 aromatic heterocycles. The van der Waals surface area contributed by atoms with E-state index in [1.54, 1.807) is 16.2 Å². The number of halogens is 2. The number of benzene rings is 2. The van der Waals surface area contributed by atoms with Crippen LogP contribution in [-0.4, -0.2) is 65.8 Å². The fourth-order valence-electron chi connectivity index (χ4n) is 4.99. The lowest BCUT2D eigenvalue weighted by Gasteiger charge is -2.37. The summed E-state index contributed by atoms with van der Waals surface area (Å²) in [5.41, 5.74) is 2.87. The second-order valence-electron chi connectivity index (χ2n) is 9.01. The Hall–Kier alpha value is -2.74. The van der Waals surface area contributed by atoms with Crippen LogP contribution < -0.4 is 0 Å². The van der Waals surface area contributed by atoms with Crippen molar-refractivity contribution in [2.45, 2.75) is 18.9 Å². The van der Waals surface area contributed by atoms with Crippen LogP contribution in [0.1, 0.15) is 38.8 Å². The fourth-order valence-corrected chi connectivity index (χ4v) is 6.02. The molecule has 0 unspecified atom stereocenters. The third-order valence-corrected chi connectivity index (χ3v) is 8.07. The lowest BCUT2D eigenvalue weighted by Crippen LogP contribution is -2.45. The van der Waals surface area contributed by atoms with Gasteiger partial charge in [-0.2, -0.15) is 0 Å². The van der Waals surface area contributed by atoms with E-state index >= 15 is 0 Å². The lowest BCUT2D eigenvalue weighted by molar-refractivity contribution is -0.132. The van der Waals surface area contributed by atoms with E-state index in [9.17, 15) is 14.0 Å². The molecular weight excluding hydrogens is 485 g/mol. The van der Waals surface area contributed by atoms with Crippen LogP contribution in [0, 0.1) is 5.82 Å². The van der Waals surface area contributed by atoms with Crippen molar-refractivity contribution in [3.63, 3.8) is 0 Å². The second-order valence-corrected chi connectivity index (χ2v) is 10.4. The summed E-state index contributed by atoms with van der Waals surface area (Å²) in [6, 6.07) is 15.7. The van der Waals surface area contributed by atoms with Gasteiger partial charge in [0, 0.05) is 48.2 Å². The minimum Gasteiger partial charge on any atom is -0.340 e. The fraction of sp³-hybridized carbons (Fsp3) is 0.333. The molecule has 0 N–H and O–H groups in total. The monoisotopic (exact) mass is 511 g/mol. The maximum absolute atomic E-state index is 13.4. The number of hydrogen-bond acceptors (Lipinski definition) is 4. The van der Waals surface area contributed by atoms with Gasteiger partial charge in [0.1, 0.15) is 5.82 Å². The molecule has 0 spiro atoms. The predicted molar refractivity (Wildman–Crippen MR) is 136 cm³/mol. The van der Waals surface area contributed by atoms with Crippen molar-refractivity contribution in [2.24, 2.45) is 0 Å². The van der Waals surface area contributed by atoms with Crippen molar-refractivity contribution >= 4 is 34.8 Å². The van der Waals surface area contributed by atoms with Gasteiger partial charge in [0.25, 0.3) is 5.91 Å². The first kappa shape index (κ1) is 24.0. The summed E-state index contributed by atoms with van der Waals surface area (Å²) < 4.78 is 13.2. The molecule has 0 aliphatic carbocycles. The number of fused-ring (bicyclic) bond motifs is 1. The van der Waals surface area contributed by atoms with E-state index in [-0.39, 0.29) is 23.7 Å². The summed E-state index contributed by atoms with van der Waals surface area (Å²) in [5, 5.41) is 2.82. The number of hydrogen-bond donors (Lipinski definition) is 0. The number of nitrogens with zero attached hydrogens (tertiary/aromatic N) is 3. The molecular formula is C27H27ClFN3O2S. The molecule has 5 nitrogen and oxygen atoms in total. The number of thiophene rings is 1. The molecule has 2 aromatic carbocycles. The molecule has 3 heterocycles. The zero-order valence-corrected chi connectivity index (χ0v) is 20.9. The normalized spacial score (nSPS) is 18.7. The minimum absolute atomic E-state index is 0.0229. The van der Waals surface area contributed by atoms with Crippen LogP contribution in [0.4, 0.5) is 4.39 Å². The number of amides is 2. The van der Waals surface area contributed by atoms with Gasteiger partial charge in [-0.25, -0.2) is 4.39 Å². The van der Waals surface area contributed by atoms with Gasteiger partial charge in [-0.3, -0.25) is 14.5 Å². The topological polar surface area (TPSA) is 43.9 Å². The van der Waals surface area contributed by atoms with E-state index in [1.165, 1.54) is 34.7 Å². The first-order valence-corrected chi connectivity index (χ1v) is 13.1. The van der Waals surface area contributed by atoms with Gasteiger partial charge >= 0.3 is 0 Å². The van der Waals surface area contributed by atoms with Gasteiger partial charge < -0.3 is 9.80 Å². The third-order valence-electron chi connectivity index (χ3n) is 6.82. The Bertz CT molecular complexity index is 1200. The summed E-state index contributed by atoms with van der Waals surface area (Å²) >= 11 is 7.90. The SMILES string of the molecule is O=C(CN1CCc2sccc2[C@H]1c1ccc(Cl)cc1)N1CCCN(C(=O)c2ccc(F)cc2)CC1. The Labute approximate surface area is 213 Å². The van der Waals surface area contributed by atoms with E-state index < -0.39 is 0 Å².